The Morgan fingerprint density at radius 3 is 2.19 bits per heavy atom. The maximum atomic E-state index is 12.9. The van der Waals surface area contributed by atoms with Crippen LogP contribution in [0.1, 0.15) is 31.4 Å². The van der Waals surface area contributed by atoms with E-state index < -0.39 is 35.9 Å². The fourth-order valence-corrected chi connectivity index (χ4v) is 3.19. The maximum Gasteiger partial charge on any atom is 0.326 e. The average Bonchev–Trinajstić information content (AvgIpc) is 2.74. The van der Waals surface area contributed by atoms with Crippen LogP contribution in [0.4, 0.5) is 0 Å². The van der Waals surface area contributed by atoms with Crippen molar-refractivity contribution >= 4 is 17.8 Å². The lowest BCUT2D eigenvalue weighted by Gasteiger charge is -2.24. The third-order valence-electron chi connectivity index (χ3n) is 4.85. The number of phenols is 1. The summed E-state index contributed by atoms with van der Waals surface area (Å²) >= 11 is 0. The predicted octanol–water partition coefficient (Wildman–Crippen LogP) is 1.00. The molecule has 2 amide bonds. The van der Waals surface area contributed by atoms with Crippen molar-refractivity contribution in [1.82, 2.24) is 15.6 Å². The smallest absolute Gasteiger partial charge is 0.326 e. The lowest BCUT2D eigenvalue weighted by molar-refractivity contribution is -0.142. The molecule has 0 unspecified atom stereocenters. The summed E-state index contributed by atoms with van der Waals surface area (Å²) < 4.78 is 0. The maximum absolute atomic E-state index is 12.9. The highest BCUT2D eigenvalue weighted by Crippen LogP contribution is 2.12. The van der Waals surface area contributed by atoms with Gasteiger partial charge in [-0.3, -0.25) is 14.6 Å². The number of hydrogen-bond donors (Lipinski definition) is 5. The minimum atomic E-state index is -1.20. The van der Waals surface area contributed by atoms with Crippen LogP contribution in [0.15, 0.2) is 48.8 Å². The van der Waals surface area contributed by atoms with Gasteiger partial charge in [0.15, 0.2) is 0 Å². The minimum absolute atomic E-state index is 0.0320. The SMILES string of the molecule is CC(C)C[C@H](NC(=O)[C@@H](N)Cc1cccnc1)C(=O)N[C@@H](Cc1ccc(O)cc1)C(=O)O. The molecule has 0 saturated heterocycles. The molecule has 0 aliphatic heterocycles. The minimum Gasteiger partial charge on any atom is -0.508 e. The molecule has 1 heterocycles. The van der Waals surface area contributed by atoms with E-state index in [1.165, 1.54) is 12.1 Å². The van der Waals surface area contributed by atoms with Crippen molar-refractivity contribution in [1.29, 1.82) is 0 Å². The molecule has 9 heteroatoms. The number of pyridine rings is 1. The molecule has 1 aromatic heterocycles. The third-order valence-corrected chi connectivity index (χ3v) is 4.85. The van der Waals surface area contributed by atoms with Crippen molar-refractivity contribution in [3.8, 4) is 5.75 Å². The lowest BCUT2D eigenvalue weighted by Crippen LogP contribution is -2.55. The van der Waals surface area contributed by atoms with E-state index >= 15 is 0 Å². The number of carboxylic acids is 1. The van der Waals surface area contributed by atoms with E-state index in [2.05, 4.69) is 15.6 Å². The number of amides is 2. The van der Waals surface area contributed by atoms with Crippen LogP contribution in [0, 0.1) is 5.92 Å². The number of carboxylic acid groups (broad SMARTS) is 1. The molecule has 0 aliphatic carbocycles. The largest absolute Gasteiger partial charge is 0.508 e. The molecule has 3 atom stereocenters. The molecule has 32 heavy (non-hydrogen) atoms. The average molecular weight is 443 g/mol. The number of nitrogens with one attached hydrogen (secondary N) is 2. The number of aromatic nitrogens is 1. The summed E-state index contributed by atoms with van der Waals surface area (Å²) in [5.41, 5.74) is 7.44. The Balaban J connectivity index is 2.05. The van der Waals surface area contributed by atoms with Gasteiger partial charge in [-0.1, -0.05) is 32.0 Å². The molecule has 9 nitrogen and oxygen atoms in total. The molecule has 0 spiro atoms. The number of carbonyl (C=O) groups excluding carboxylic acids is 2. The fourth-order valence-electron chi connectivity index (χ4n) is 3.19. The molecule has 172 valence electrons. The summed E-state index contributed by atoms with van der Waals surface area (Å²) in [7, 11) is 0. The van der Waals surface area contributed by atoms with E-state index in [1.807, 2.05) is 13.8 Å². The third kappa shape index (κ3) is 7.99. The Morgan fingerprint density at radius 1 is 0.969 bits per heavy atom. The fraction of sp³-hybridized carbons (Fsp3) is 0.391. The Kier molecular flexibility index (Phi) is 9.15. The summed E-state index contributed by atoms with van der Waals surface area (Å²) in [5, 5.41) is 24.1. The predicted molar refractivity (Wildman–Crippen MR) is 119 cm³/mol. The van der Waals surface area contributed by atoms with Crippen LogP contribution >= 0.6 is 0 Å². The van der Waals surface area contributed by atoms with Crippen molar-refractivity contribution in [2.45, 2.75) is 51.2 Å². The van der Waals surface area contributed by atoms with Crippen LogP contribution in [0.3, 0.4) is 0 Å². The number of aromatic hydroxyl groups is 1. The van der Waals surface area contributed by atoms with Crippen LogP contribution in [0.5, 0.6) is 5.75 Å². The molecular weight excluding hydrogens is 412 g/mol. The first-order valence-electron chi connectivity index (χ1n) is 10.4. The summed E-state index contributed by atoms with van der Waals surface area (Å²) in [5.74, 6) is -2.16. The van der Waals surface area contributed by atoms with Gasteiger partial charge in [-0.2, -0.15) is 0 Å². The van der Waals surface area contributed by atoms with E-state index in [0.29, 0.717) is 12.0 Å². The standard InChI is InChI=1S/C23H30N4O5/c1-14(2)10-19(26-21(29)18(24)11-16-4-3-9-25-13-16)22(30)27-20(23(31)32)12-15-5-7-17(28)8-6-15/h3-9,13-14,18-20,28H,10-12,24H2,1-2H3,(H,26,29)(H,27,30)(H,31,32)/t18-,19-,20-/m0/s1. The zero-order valence-corrected chi connectivity index (χ0v) is 18.2. The number of hydrogen-bond acceptors (Lipinski definition) is 6. The highest BCUT2D eigenvalue weighted by atomic mass is 16.4. The van der Waals surface area contributed by atoms with Gasteiger partial charge >= 0.3 is 5.97 Å². The van der Waals surface area contributed by atoms with Gasteiger partial charge in [-0.05, 0) is 48.1 Å². The van der Waals surface area contributed by atoms with Gasteiger partial charge in [0.05, 0.1) is 6.04 Å². The van der Waals surface area contributed by atoms with Crippen LogP contribution in [0.2, 0.25) is 0 Å². The first kappa shape index (κ1) is 24.8. The molecule has 0 aliphatic rings. The number of carbonyl (C=O) groups is 3. The second-order valence-electron chi connectivity index (χ2n) is 8.13. The Labute approximate surface area is 187 Å². The molecule has 2 rings (SSSR count). The van der Waals surface area contributed by atoms with Gasteiger partial charge < -0.3 is 26.6 Å². The quantitative estimate of drug-likeness (QED) is 0.348. The second kappa shape index (κ2) is 11.8. The van der Waals surface area contributed by atoms with Crippen molar-refractivity contribution in [3.63, 3.8) is 0 Å². The summed E-state index contributed by atoms with van der Waals surface area (Å²) in [6, 6.07) is 6.61. The molecule has 6 N–H and O–H groups in total. The summed E-state index contributed by atoms with van der Waals surface area (Å²) in [4.78, 5) is 41.2. The van der Waals surface area contributed by atoms with E-state index in [0.717, 1.165) is 5.56 Å². The monoisotopic (exact) mass is 442 g/mol. The molecule has 0 fully saturated rings. The topological polar surface area (TPSA) is 155 Å². The molecule has 2 aromatic rings. The van der Waals surface area contributed by atoms with Crippen molar-refractivity contribution in [2.75, 3.05) is 0 Å². The molecule has 0 radical (unpaired) electrons. The second-order valence-corrected chi connectivity index (χ2v) is 8.13. The van der Waals surface area contributed by atoms with Crippen LogP contribution in [-0.2, 0) is 27.2 Å². The Hall–Kier alpha value is -3.46. The van der Waals surface area contributed by atoms with Gasteiger partial charge in [0, 0.05) is 18.8 Å². The summed E-state index contributed by atoms with van der Waals surface area (Å²) in [6.07, 6.45) is 3.85. The van der Waals surface area contributed by atoms with Gasteiger partial charge in [0.2, 0.25) is 11.8 Å². The Bertz CT molecular complexity index is 902. The zero-order chi connectivity index (χ0) is 23.7. The van der Waals surface area contributed by atoms with Crippen LogP contribution < -0.4 is 16.4 Å². The first-order valence-corrected chi connectivity index (χ1v) is 10.4. The molecule has 0 bridgehead atoms. The highest BCUT2D eigenvalue weighted by Gasteiger charge is 2.28. The van der Waals surface area contributed by atoms with E-state index in [-0.39, 0.29) is 24.5 Å². The van der Waals surface area contributed by atoms with Crippen LogP contribution in [0.25, 0.3) is 0 Å². The number of phenolic OH excluding ortho intramolecular Hbond substituents is 1. The summed E-state index contributed by atoms with van der Waals surface area (Å²) in [6.45, 7) is 3.79. The number of nitrogens with two attached hydrogens (primary N) is 1. The van der Waals surface area contributed by atoms with Crippen molar-refractivity contribution in [2.24, 2.45) is 11.7 Å². The molecule has 1 aromatic carbocycles. The van der Waals surface area contributed by atoms with Gasteiger partial charge in [0.1, 0.15) is 17.8 Å². The van der Waals surface area contributed by atoms with E-state index in [9.17, 15) is 24.6 Å². The molecule has 0 saturated carbocycles. The van der Waals surface area contributed by atoms with Gasteiger partial charge in [-0.25, -0.2) is 4.79 Å². The zero-order valence-electron chi connectivity index (χ0n) is 18.2. The van der Waals surface area contributed by atoms with Crippen molar-refractivity contribution in [3.05, 3.63) is 59.9 Å². The van der Waals surface area contributed by atoms with Crippen molar-refractivity contribution < 1.29 is 24.6 Å². The van der Waals surface area contributed by atoms with Crippen LogP contribution in [-0.4, -0.2) is 51.1 Å². The van der Waals surface area contributed by atoms with E-state index in [4.69, 9.17) is 5.73 Å². The number of aliphatic carboxylic acids is 1. The Morgan fingerprint density at radius 2 is 1.62 bits per heavy atom. The number of rotatable bonds is 11. The number of benzene rings is 1. The number of nitrogens with zero attached hydrogens (tertiary/aromatic N) is 1. The highest BCUT2D eigenvalue weighted by molar-refractivity contribution is 5.91. The van der Waals surface area contributed by atoms with Gasteiger partial charge in [0.25, 0.3) is 0 Å². The van der Waals surface area contributed by atoms with E-state index in [1.54, 1.807) is 36.7 Å². The molecular formula is C23H30N4O5. The lowest BCUT2D eigenvalue weighted by atomic mass is 10.0. The normalized spacial score (nSPS) is 13.8. The van der Waals surface area contributed by atoms with Gasteiger partial charge in [-0.15, -0.1) is 0 Å². The first-order chi connectivity index (χ1) is 15.2.